The molecule has 1 amide bonds. The molecule has 1 aliphatic carbocycles. The van der Waals surface area contributed by atoms with Crippen LogP contribution in [0.4, 0.5) is 0 Å². The van der Waals surface area contributed by atoms with Crippen LogP contribution in [0, 0.1) is 0 Å². The zero-order valence-corrected chi connectivity index (χ0v) is 11.0. The van der Waals surface area contributed by atoms with Crippen molar-refractivity contribution < 1.29 is 4.79 Å². The van der Waals surface area contributed by atoms with Crippen molar-refractivity contribution in [3.05, 3.63) is 35.9 Å². The molecule has 98 valence electrons. The molecule has 0 spiro atoms. The highest BCUT2D eigenvalue weighted by Crippen LogP contribution is 2.17. The molecule has 3 nitrogen and oxygen atoms in total. The van der Waals surface area contributed by atoms with E-state index in [9.17, 15) is 4.79 Å². The van der Waals surface area contributed by atoms with Gasteiger partial charge in [-0.15, -0.1) is 0 Å². The Morgan fingerprint density at radius 2 is 1.94 bits per heavy atom. The standard InChI is InChI=1S/C15H22N2O/c1-12(13-7-3-2-4-8-13)16-11-15(18)17-14-9-5-6-10-14/h2-4,7-8,12,14,16H,5-6,9-11H2,1H3,(H,17,18)/t12-/m1/s1. The lowest BCUT2D eigenvalue weighted by molar-refractivity contribution is -0.121. The third kappa shape index (κ3) is 3.84. The van der Waals surface area contributed by atoms with Crippen LogP contribution in [0.25, 0.3) is 0 Å². The third-order valence-corrected chi connectivity index (χ3v) is 3.59. The Bertz CT molecular complexity index is 371. The predicted molar refractivity (Wildman–Crippen MR) is 73.3 cm³/mol. The molecule has 1 aromatic carbocycles. The Kier molecular flexibility index (Phi) is 4.76. The lowest BCUT2D eigenvalue weighted by Crippen LogP contribution is -2.39. The van der Waals surface area contributed by atoms with E-state index in [1.54, 1.807) is 0 Å². The maximum atomic E-state index is 11.8. The van der Waals surface area contributed by atoms with Crippen molar-refractivity contribution in [2.24, 2.45) is 0 Å². The molecule has 2 rings (SSSR count). The number of hydrogen-bond donors (Lipinski definition) is 2. The van der Waals surface area contributed by atoms with E-state index >= 15 is 0 Å². The van der Waals surface area contributed by atoms with E-state index in [1.807, 2.05) is 18.2 Å². The molecule has 0 heterocycles. The van der Waals surface area contributed by atoms with Gasteiger partial charge in [0.15, 0.2) is 0 Å². The maximum Gasteiger partial charge on any atom is 0.234 e. The fourth-order valence-electron chi connectivity index (χ4n) is 2.45. The number of benzene rings is 1. The predicted octanol–water partition coefficient (Wildman–Crippen LogP) is 2.40. The van der Waals surface area contributed by atoms with Gasteiger partial charge in [-0.05, 0) is 25.3 Å². The van der Waals surface area contributed by atoms with Gasteiger partial charge in [0.25, 0.3) is 0 Å². The number of carbonyl (C=O) groups is 1. The Morgan fingerprint density at radius 1 is 1.28 bits per heavy atom. The zero-order chi connectivity index (χ0) is 12.8. The van der Waals surface area contributed by atoms with E-state index < -0.39 is 0 Å². The summed E-state index contributed by atoms with van der Waals surface area (Å²) < 4.78 is 0. The average Bonchev–Trinajstić information content (AvgIpc) is 2.90. The fraction of sp³-hybridized carbons (Fsp3) is 0.533. The van der Waals surface area contributed by atoms with Crippen LogP contribution in [0.2, 0.25) is 0 Å². The number of carbonyl (C=O) groups excluding carboxylic acids is 1. The lowest BCUT2D eigenvalue weighted by Gasteiger charge is -2.16. The summed E-state index contributed by atoms with van der Waals surface area (Å²) in [5.41, 5.74) is 1.21. The topological polar surface area (TPSA) is 41.1 Å². The van der Waals surface area contributed by atoms with Crippen LogP contribution < -0.4 is 10.6 Å². The highest BCUT2D eigenvalue weighted by Gasteiger charge is 2.17. The summed E-state index contributed by atoms with van der Waals surface area (Å²) in [7, 11) is 0. The summed E-state index contributed by atoms with van der Waals surface area (Å²) in [5, 5.41) is 6.34. The van der Waals surface area contributed by atoms with Crippen LogP contribution in [0.1, 0.15) is 44.2 Å². The maximum absolute atomic E-state index is 11.8. The molecule has 1 aliphatic rings. The third-order valence-electron chi connectivity index (χ3n) is 3.59. The first kappa shape index (κ1) is 13.1. The highest BCUT2D eigenvalue weighted by molar-refractivity contribution is 5.78. The van der Waals surface area contributed by atoms with E-state index in [4.69, 9.17) is 0 Å². The molecule has 1 atom stereocenters. The van der Waals surface area contributed by atoms with Crippen LogP contribution in [-0.4, -0.2) is 18.5 Å². The Balaban J connectivity index is 1.72. The van der Waals surface area contributed by atoms with Crippen LogP contribution in [0.15, 0.2) is 30.3 Å². The van der Waals surface area contributed by atoms with Crippen LogP contribution in [0.5, 0.6) is 0 Å². The van der Waals surface area contributed by atoms with Gasteiger partial charge in [0, 0.05) is 12.1 Å². The van der Waals surface area contributed by atoms with Gasteiger partial charge in [0.1, 0.15) is 0 Å². The van der Waals surface area contributed by atoms with Crippen LogP contribution >= 0.6 is 0 Å². The molecule has 0 unspecified atom stereocenters. The molecule has 1 aromatic rings. The largest absolute Gasteiger partial charge is 0.352 e. The second kappa shape index (κ2) is 6.55. The molecule has 18 heavy (non-hydrogen) atoms. The molecule has 0 aromatic heterocycles. The minimum atomic E-state index is 0.115. The first-order valence-electron chi connectivity index (χ1n) is 6.83. The summed E-state index contributed by atoms with van der Waals surface area (Å²) >= 11 is 0. The average molecular weight is 246 g/mol. The first-order chi connectivity index (χ1) is 8.75. The van der Waals surface area contributed by atoms with Gasteiger partial charge in [-0.1, -0.05) is 43.2 Å². The summed E-state index contributed by atoms with van der Waals surface area (Å²) in [5.74, 6) is 0.115. The van der Waals surface area contributed by atoms with Crippen molar-refractivity contribution in [3.63, 3.8) is 0 Å². The lowest BCUT2D eigenvalue weighted by atomic mass is 10.1. The van der Waals surface area contributed by atoms with Gasteiger partial charge >= 0.3 is 0 Å². The molecule has 0 aliphatic heterocycles. The summed E-state index contributed by atoms with van der Waals surface area (Å²) in [6.45, 7) is 2.48. The van der Waals surface area contributed by atoms with Crippen molar-refractivity contribution in [2.75, 3.05) is 6.54 Å². The van der Waals surface area contributed by atoms with E-state index in [2.05, 4.69) is 29.7 Å². The summed E-state index contributed by atoms with van der Waals surface area (Å²) in [6.07, 6.45) is 4.78. The summed E-state index contributed by atoms with van der Waals surface area (Å²) in [4.78, 5) is 11.8. The zero-order valence-electron chi connectivity index (χ0n) is 11.0. The van der Waals surface area contributed by atoms with Gasteiger partial charge in [0.05, 0.1) is 6.54 Å². The van der Waals surface area contributed by atoms with Gasteiger partial charge in [-0.2, -0.15) is 0 Å². The van der Waals surface area contributed by atoms with E-state index in [0.717, 1.165) is 12.8 Å². The second-order valence-corrected chi connectivity index (χ2v) is 5.06. The van der Waals surface area contributed by atoms with Gasteiger partial charge in [-0.3, -0.25) is 4.79 Å². The molecule has 3 heteroatoms. The van der Waals surface area contributed by atoms with Crippen molar-refractivity contribution in [2.45, 2.75) is 44.7 Å². The molecular formula is C15H22N2O. The van der Waals surface area contributed by atoms with Crippen molar-refractivity contribution in [1.29, 1.82) is 0 Å². The van der Waals surface area contributed by atoms with Crippen molar-refractivity contribution >= 4 is 5.91 Å². The van der Waals surface area contributed by atoms with Crippen LogP contribution in [0.3, 0.4) is 0 Å². The Morgan fingerprint density at radius 3 is 2.61 bits per heavy atom. The van der Waals surface area contributed by atoms with Crippen molar-refractivity contribution in [3.8, 4) is 0 Å². The molecular weight excluding hydrogens is 224 g/mol. The number of nitrogens with one attached hydrogen (secondary N) is 2. The minimum Gasteiger partial charge on any atom is -0.352 e. The normalized spacial score (nSPS) is 17.6. The first-order valence-corrected chi connectivity index (χ1v) is 6.83. The summed E-state index contributed by atoms with van der Waals surface area (Å²) in [6, 6.07) is 10.8. The molecule has 1 saturated carbocycles. The SMILES string of the molecule is C[C@@H](NCC(=O)NC1CCCC1)c1ccccc1. The molecule has 2 N–H and O–H groups in total. The number of hydrogen-bond acceptors (Lipinski definition) is 2. The van der Waals surface area contributed by atoms with E-state index in [0.29, 0.717) is 12.6 Å². The van der Waals surface area contributed by atoms with Gasteiger partial charge < -0.3 is 10.6 Å². The Labute approximate surface area is 109 Å². The highest BCUT2D eigenvalue weighted by atomic mass is 16.1. The Hall–Kier alpha value is -1.35. The number of rotatable bonds is 5. The second-order valence-electron chi connectivity index (χ2n) is 5.06. The molecule has 0 bridgehead atoms. The molecule has 0 radical (unpaired) electrons. The monoisotopic (exact) mass is 246 g/mol. The van der Waals surface area contributed by atoms with E-state index in [-0.39, 0.29) is 11.9 Å². The van der Waals surface area contributed by atoms with Gasteiger partial charge in [0.2, 0.25) is 5.91 Å². The quantitative estimate of drug-likeness (QED) is 0.837. The molecule has 0 saturated heterocycles. The number of amides is 1. The minimum absolute atomic E-state index is 0.115. The van der Waals surface area contributed by atoms with Crippen LogP contribution in [-0.2, 0) is 4.79 Å². The molecule has 1 fully saturated rings. The van der Waals surface area contributed by atoms with Gasteiger partial charge in [-0.25, -0.2) is 0 Å². The fourth-order valence-corrected chi connectivity index (χ4v) is 2.45. The smallest absolute Gasteiger partial charge is 0.234 e. The van der Waals surface area contributed by atoms with Crippen molar-refractivity contribution in [1.82, 2.24) is 10.6 Å². The van der Waals surface area contributed by atoms with E-state index in [1.165, 1.54) is 18.4 Å².